The van der Waals surface area contributed by atoms with E-state index in [1.807, 2.05) is 0 Å². The van der Waals surface area contributed by atoms with Gasteiger partial charge in [-0.2, -0.15) is 21.6 Å². The van der Waals surface area contributed by atoms with Crippen LogP contribution in [0.4, 0.5) is 28.0 Å². The normalized spacial score (nSPS) is 17.4. The van der Waals surface area contributed by atoms with Crippen LogP contribution in [0.1, 0.15) is 24.0 Å². The Balaban J connectivity index is 0.000000908. The van der Waals surface area contributed by atoms with E-state index in [2.05, 4.69) is 12.4 Å². The van der Waals surface area contributed by atoms with Crippen LogP contribution >= 0.6 is 23.2 Å². The van der Waals surface area contributed by atoms with Crippen LogP contribution in [0, 0.1) is 5.82 Å². The molecule has 1 unspecified atom stereocenters. The lowest BCUT2D eigenvalue weighted by molar-refractivity contribution is -0.928. The lowest BCUT2D eigenvalue weighted by atomic mass is 9.96. The van der Waals surface area contributed by atoms with E-state index in [-0.39, 0.29) is 38.7 Å². The number of nitrogens with zero attached hydrogens (tertiary/aromatic N) is 2. The van der Waals surface area contributed by atoms with Crippen molar-refractivity contribution in [3.8, 4) is 11.5 Å². The molecule has 0 radical (unpaired) electrons. The minimum atomic E-state index is -5.19. The minimum Gasteiger partial charge on any atom is -0.542 e. The smallest absolute Gasteiger partial charge is 0.430 e. The Bertz CT molecular complexity index is 2130. The summed E-state index contributed by atoms with van der Waals surface area (Å²) in [6, 6.07) is 20.3. The van der Waals surface area contributed by atoms with Crippen molar-refractivity contribution >= 4 is 56.9 Å². The summed E-state index contributed by atoms with van der Waals surface area (Å²) < 4.78 is 76.6. The number of carbonyl (C=O) groups is 3. The van der Waals surface area contributed by atoms with Gasteiger partial charge in [0.2, 0.25) is 5.91 Å². The number of amides is 3. The zero-order valence-corrected chi connectivity index (χ0v) is 31.8. The maximum Gasteiger partial charge on any atom is 0.430 e. The number of hydrogen-bond acceptors (Lipinski definition) is 8. The summed E-state index contributed by atoms with van der Waals surface area (Å²) in [6.45, 7) is 1.91. The molecule has 0 saturated carbocycles. The Morgan fingerprint density at radius 2 is 1.59 bits per heavy atom. The number of primary amides is 1. The molecule has 56 heavy (non-hydrogen) atoms. The number of nitrogens with two attached hydrogens (primary N) is 1. The number of benzene rings is 4. The Morgan fingerprint density at radius 1 is 1.00 bits per heavy atom. The number of aliphatic carboxylic acids is 1. The van der Waals surface area contributed by atoms with Crippen LogP contribution in [0.3, 0.4) is 0 Å². The van der Waals surface area contributed by atoms with Gasteiger partial charge in [0.15, 0.2) is 0 Å². The molecule has 19 heteroatoms. The maximum atomic E-state index is 14.1. The van der Waals surface area contributed by atoms with Crippen LogP contribution in [-0.4, -0.2) is 79.2 Å². The summed E-state index contributed by atoms with van der Waals surface area (Å²) in [6.07, 6.45) is -3.71. The number of rotatable bonds is 11. The van der Waals surface area contributed by atoms with Gasteiger partial charge in [0.05, 0.1) is 31.2 Å². The average molecular weight is 844 g/mol. The maximum absolute atomic E-state index is 14.1. The Morgan fingerprint density at radius 3 is 2.14 bits per heavy atom. The molecule has 1 aliphatic heterocycles. The van der Waals surface area contributed by atoms with E-state index >= 15 is 0 Å². The lowest BCUT2D eigenvalue weighted by Crippen LogP contribution is -2.62. The Kier molecular flexibility index (Phi) is 14.2. The van der Waals surface area contributed by atoms with Gasteiger partial charge in [-0.3, -0.25) is 4.79 Å². The number of carboxylic acid groups (broad SMARTS) is 1. The van der Waals surface area contributed by atoms with Crippen molar-refractivity contribution in [3.05, 3.63) is 118 Å². The van der Waals surface area contributed by atoms with E-state index in [1.54, 1.807) is 24.3 Å². The van der Waals surface area contributed by atoms with Crippen molar-refractivity contribution in [2.45, 2.75) is 49.0 Å². The molecule has 4 aromatic carbocycles. The zero-order chi connectivity index (χ0) is 41.4. The van der Waals surface area contributed by atoms with Gasteiger partial charge in [-0.15, -0.1) is 0 Å². The molecule has 300 valence electrons. The number of likely N-dealkylation sites (tertiary alicyclic amines) is 1. The van der Waals surface area contributed by atoms with Crippen molar-refractivity contribution in [2.75, 3.05) is 25.5 Å². The second-order valence-corrected chi connectivity index (χ2v) is 15.5. The topological polar surface area (TPSA) is 179 Å². The van der Waals surface area contributed by atoms with E-state index in [9.17, 15) is 40.7 Å². The third kappa shape index (κ3) is 12.2. The zero-order valence-electron chi connectivity index (χ0n) is 29.5. The highest BCUT2D eigenvalue weighted by molar-refractivity contribution is 7.87. The summed E-state index contributed by atoms with van der Waals surface area (Å²) in [5, 5.41) is 21.6. The first-order chi connectivity index (χ1) is 26.2. The van der Waals surface area contributed by atoms with Gasteiger partial charge >= 0.3 is 22.3 Å². The molecule has 12 nitrogen and oxygen atoms in total. The molecule has 0 aliphatic carbocycles. The van der Waals surface area contributed by atoms with Crippen molar-refractivity contribution < 1.29 is 59.2 Å². The number of nitrogens with one attached hydrogen (secondary N) is 1. The predicted octanol–water partition coefficient (Wildman–Crippen LogP) is 5.64. The van der Waals surface area contributed by atoms with Gasteiger partial charge in [-0.05, 0) is 85.1 Å². The minimum absolute atomic E-state index is 0.0237. The third-order valence-electron chi connectivity index (χ3n) is 8.73. The molecule has 1 saturated heterocycles. The van der Waals surface area contributed by atoms with Gasteiger partial charge < -0.3 is 39.6 Å². The molecule has 1 fully saturated rings. The number of halogens is 6. The Hall–Kier alpha value is -5.10. The molecular formula is C37H36Cl2F4N4O8S. The van der Waals surface area contributed by atoms with Crippen LogP contribution in [0.2, 0.25) is 10.0 Å². The number of alkyl halides is 3. The number of aromatic hydroxyl groups is 1. The number of anilines is 1. The quantitative estimate of drug-likeness (QED) is 0.0986. The fourth-order valence-corrected chi connectivity index (χ4v) is 7.86. The fraction of sp³-hybridized carbons (Fsp3) is 0.270. The van der Waals surface area contributed by atoms with Crippen LogP contribution in [0.25, 0.3) is 0 Å². The average Bonchev–Trinajstić information content (AvgIpc) is 3.10. The lowest BCUT2D eigenvalue weighted by Gasteiger charge is -2.46. The van der Waals surface area contributed by atoms with Crippen molar-refractivity contribution in [3.63, 3.8) is 0 Å². The number of urea groups is 1. The second kappa shape index (κ2) is 18.2. The first-order valence-electron chi connectivity index (χ1n) is 16.7. The molecule has 1 heterocycles. The van der Waals surface area contributed by atoms with E-state index < -0.39 is 46.3 Å². The molecule has 0 spiro atoms. The largest absolute Gasteiger partial charge is 0.542 e. The highest BCUT2D eigenvalue weighted by Crippen LogP contribution is 2.30. The molecule has 3 amide bonds. The van der Waals surface area contributed by atoms with Crippen LogP contribution < -0.4 is 20.3 Å². The van der Waals surface area contributed by atoms with Gasteiger partial charge in [0, 0.05) is 22.7 Å². The van der Waals surface area contributed by atoms with Crippen molar-refractivity contribution in [1.29, 1.82) is 0 Å². The Labute approximate surface area is 329 Å². The summed E-state index contributed by atoms with van der Waals surface area (Å²) >= 11 is 12.0. The number of phenols is 1. The molecular weight excluding hydrogens is 807 g/mol. The fourth-order valence-electron chi connectivity index (χ4n) is 6.19. The number of carbonyl (C=O) groups excluding carboxylic acids is 3. The van der Waals surface area contributed by atoms with Gasteiger partial charge in [-0.25, -0.2) is 9.18 Å². The van der Waals surface area contributed by atoms with Crippen LogP contribution in [-0.2, 0) is 32.7 Å². The van der Waals surface area contributed by atoms with Gasteiger partial charge in [0.1, 0.15) is 40.8 Å². The number of carboxylic acids is 1. The number of phenolic OH excluding ortho intramolecular Hbond substituents is 1. The molecule has 1 aliphatic rings. The highest BCUT2D eigenvalue weighted by Gasteiger charge is 2.41. The summed E-state index contributed by atoms with van der Waals surface area (Å²) in [7, 11) is -2.22. The second-order valence-electron chi connectivity index (χ2n) is 13.2. The summed E-state index contributed by atoms with van der Waals surface area (Å²) in [4.78, 5) is 37.2. The van der Waals surface area contributed by atoms with E-state index in [0.717, 1.165) is 18.5 Å². The van der Waals surface area contributed by atoms with Crippen molar-refractivity contribution in [1.82, 2.24) is 4.90 Å². The first-order valence-corrected chi connectivity index (χ1v) is 18.8. The summed E-state index contributed by atoms with van der Waals surface area (Å²) in [5.74, 6) is -3.99. The van der Waals surface area contributed by atoms with Crippen LogP contribution in [0.5, 0.6) is 11.5 Å². The number of likely N-dealkylation sites (N-methyl/N-ethyl adjacent to an activating group) is 1. The van der Waals surface area contributed by atoms with E-state index in [1.165, 1.54) is 71.6 Å². The van der Waals surface area contributed by atoms with Gasteiger partial charge in [-0.1, -0.05) is 47.5 Å². The van der Waals surface area contributed by atoms with E-state index in [0.29, 0.717) is 35.2 Å². The summed E-state index contributed by atoms with van der Waals surface area (Å²) in [5.41, 5.74) is 7.92. The number of hydrogen-bond donors (Lipinski definition) is 3. The standard InChI is InChI=1S/C35H35Cl2FN4O6S.C2HF3O2/c1-42(21-24-4-9-26(38)10-5-24)18-2-3-28(22-42)41(32(34(39)44)19-23-6-13-29(43)14-7-23)35(45)40-27-11-15-30(16-12-27)48-49(46,47)33-17-8-25(36)20-31(33)37;3-2(4,5)1(6)7/h4-17,20,28,32H,2-3,18-19,21-22H2,1H3,(H3-,39,40,43,44,45);(H,6,7)/t28-,32-,42?;/m0./s1. The first kappa shape index (κ1) is 43.6. The molecule has 0 bridgehead atoms. The van der Waals surface area contributed by atoms with E-state index in [4.69, 9.17) is 43.0 Å². The molecule has 5 rings (SSSR count). The highest BCUT2D eigenvalue weighted by atomic mass is 35.5. The van der Waals surface area contributed by atoms with Crippen molar-refractivity contribution in [2.24, 2.45) is 5.73 Å². The predicted molar refractivity (Wildman–Crippen MR) is 196 cm³/mol. The molecule has 0 aromatic heterocycles. The van der Waals surface area contributed by atoms with Gasteiger partial charge in [0.25, 0.3) is 0 Å². The molecule has 3 atom stereocenters. The van der Waals surface area contributed by atoms with Crippen LogP contribution in [0.15, 0.2) is 95.9 Å². The third-order valence-corrected chi connectivity index (χ3v) is 10.7. The molecule has 4 aromatic rings. The SMILES string of the molecule is C[N+]1(Cc2ccc(F)cc2)CCC[C@H](N(C(=O)Nc2ccc(OS(=O)(=O)c3ccc(Cl)cc3Cl)cc2)[C@@H](Cc2ccc(O)cc2)C(N)=O)C1.O=C([O-])C(F)(F)F. The number of piperidine rings is 1. The molecule has 4 N–H and O–H groups in total. The number of quaternary nitrogens is 1. The monoisotopic (exact) mass is 842 g/mol.